The lowest BCUT2D eigenvalue weighted by Gasteiger charge is -2.19. The number of rotatable bonds is 6. The van der Waals surface area contributed by atoms with Gasteiger partial charge < -0.3 is 24.5 Å². The van der Waals surface area contributed by atoms with Gasteiger partial charge in [-0.15, -0.1) is 0 Å². The van der Waals surface area contributed by atoms with Crippen LogP contribution < -0.4 is 0 Å². The predicted octanol–water partition coefficient (Wildman–Crippen LogP) is 3.89. The van der Waals surface area contributed by atoms with Gasteiger partial charge >= 0.3 is 12.1 Å². The second-order valence-electron chi connectivity index (χ2n) is 8.78. The number of benzene rings is 1. The number of carboxylic acids is 1. The number of nitrogens with one attached hydrogen (secondary N) is 1. The van der Waals surface area contributed by atoms with E-state index in [9.17, 15) is 18.0 Å². The Morgan fingerprint density at radius 3 is 2.58 bits per heavy atom. The Balaban J connectivity index is 0.000000384. The van der Waals surface area contributed by atoms with E-state index in [-0.39, 0.29) is 12.0 Å². The summed E-state index contributed by atoms with van der Waals surface area (Å²) in [4.78, 5) is 31.1. The van der Waals surface area contributed by atoms with E-state index in [2.05, 4.69) is 9.97 Å². The maximum atomic E-state index is 13.0. The van der Waals surface area contributed by atoms with Gasteiger partial charge in [0.15, 0.2) is 0 Å². The SMILES string of the molecule is O=C(O)C(F)(F)F.O=C(c1cc2ccccc2[nH]1)N1C[C@H]2[C@@H](CCOCc3ccncc3)CO[C@H]2C1. The minimum absolute atomic E-state index is 0.0619. The molecule has 2 fully saturated rings. The molecule has 2 N–H and O–H groups in total. The summed E-state index contributed by atoms with van der Waals surface area (Å²) in [6, 6.07) is 13.9. The third-order valence-corrected chi connectivity index (χ3v) is 6.38. The molecule has 2 aromatic heterocycles. The van der Waals surface area contributed by atoms with Crippen molar-refractivity contribution in [1.82, 2.24) is 14.9 Å². The van der Waals surface area contributed by atoms with Gasteiger partial charge in [0.25, 0.3) is 5.91 Å². The molecule has 11 heteroatoms. The molecule has 0 aliphatic carbocycles. The van der Waals surface area contributed by atoms with Crippen LogP contribution in [0.5, 0.6) is 0 Å². The first-order valence-corrected chi connectivity index (χ1v) is 11.5. The molecule has 2 aliphatic rings. The zero-order chi connectivity index (χ0) is 25.7. The Bertz CT molecular complexity index is 1150. The number of aromatic amines is 1. The minimum atomic E-state index is -5.08. The third kappa shape index (κ3) is 6.21. The first kappa shape index (κ1) is 25.6. The van der Waals surface area contributed by atoms with Crippen LogP contribution in [0.15, 0.2) is 54.9 Å². The summed E-state index contributed by atoms with van der Waals surface area (Å²) in [7, 11) is 0. The molecule has 8 nitrogen and oxygen atoms in total. The normalized spacial score (nSPS) is 21.2. The molecule has 4 heterocycles. The molecule has 5 rings (SSSR count). The van der Waals surface area contributed by atoms with Crippen molar-refractivity contribution in [3.63, 3.8) is 0 Å². The van der Waals surface area contributed by atoms with Crippen LogP contribution in [-0.4, -0.2) is 70.4 Å². The second kappa shape index (κ2) is 11.1. The summed E-state index contributed by atoms with van der Waals surface area (Å²) in [5.41, 5.74) is 2.79. The number of likely N-dealkylation sites (tertiary alicyclic amines) is 1. The Labute approximate surface area is 205 Å². The standard InChI is InChI=1S/C23H25N3O3.C2HF3O2/c27-23(21-11-17-3-1-2-4-20(17)25-21)26-12-19-18(15-29-22(19)13-26)7-10-28-14-16-5-8-24-9-6-16;3-2(4,5)1(6)7/h1-6,8-9,11,18-19,22,25H,7,10,12-15H2;(H,6,7)/t18-,19-,22-;/m0./s1. The largest absolute Gasteiger partial charge is 0.490 e. The zero-order valence-electron chi connectivity index (χ0n) is 19.3. The number of alkyl halides is 3. The van der Waals surface area contributed by atoms with E-state index in [1.807, 2.05) is 47.4 Å². The number of aliphatic carboxylic acids is 1. The first-order chi connectivity index (χ1) is 17.2. The molecule has 192 valence electrons. The van der Waals surface area contributed by atoms with Crippen LogP contribution in [0, 0.1) is 11.8 Å². The molecule has 0 unspecified atom stereocenters. The van der Waals surface area contributed by atoms with Gasteiger partial charge in [0.2, 0.25) is 0 Å². The number of pyridine rings is 1. The molecule has 3 atom stereocenters. The van der Waals surface area contributed by atoms with Gasteiger partial charge in [-0.25, -0.2) is 4.79 Å². The fourth-order valence-electron chi connectivity index (χ4n) is 4.52. The van der Waals surface area contributed by atoms with Gasteiger partial charge in [0.05, 0.1) is 19.3 Å². The average molecular weight is 505 g/mol. The number of hydrogen-bond acceptors (Lipinski definition) is 5. The molecule has 0 spiro atoms. The van der Waals surface area contributed by atoms with Crippen LogP contribution in [0.4, 0.5) is 13.2 Å². The topological polar surface area (TPSA) is 105 Å². The molecule has 36 heavy (non-hydrogen) atoms. The van der Waals surface area contributed by atoms with Crippen LogP contribution >= 0.6 is 0 Å². The molecule has 2 saturated heterocycles. The fourth-order valence-corrected chi connectivity index (χ4v) is 4.52. The number of carbonyl (C=O) groups is 2. The van der Waals surface area contributed by atoms with Crippen molar-refractivity contribution in [2.45, 2.75) is 25.3 Å². The Morgan fingerprint density at radius 1 is 1.17 bits per heavy atom. The van der Waals surface area contributed by atoms with E-state index >= 15 is 0 Å². The number of carboxylic acid groups (broad SMARTS) is 1. The predicted molar refractivity (Wildman–Crippen MR) is 123 cm³/mol. The highest BCUT2D eigenvalue weighted by Gasteiger charge is 2.45. The molecule has 3 aromatic rings. The van der Waals surface area contributed by atoms with Crippen LogP contribution in [0.3, 0.4) is 0 Å². The van der Waals surface area contributed by atoms with E-state index in [1.165, 1.54) is 0 Å². The van der Waals surface area contributed by atoms with Crippen LogP contribution in [-0.2, 0) is 20.9 Å². The van der Waals surface area contributed by atoms with E-state index in [0.29, 0.717) is 37.3 Å². The lowest BCUT2D eigenvalue weighted by atomic mass is 9.91. The van der Waals surface area contributed by atoms with Crippen molar-refractivity contribution < 1.29 is 37.3 Å². The smallest absolute Gasteiger partial charge is 0.475 e. The molecule has 0 radical (unpaired) electrons. The quantitative estimate of drug-likeness (QED) is 0.493. The average Bonchev–Trinajstić information content (AvgIpc) is 3.56. The van der Waals surface area contributed by atoms with Crippen molar-refractivity contribution in [2.24, 2.45) is 11.8 Å². The fraction of sp³-hybridized carbons (Fsp3) is 0.400. The number of fused-ring (bicyclic) bond motifs is 2. The second-order valence-corrected chi connectivity index (χ2v) is 8.78. The lowest BCUT2D eigenvalue weighted by molar-refractivity contribution is -0.192. The van der Waals surface area contributed by atoms with Crippen LogP contribution in [0.2, 0.25) is 0 Å². The van der Waals surface area contributed by atoms with Gasteiger partial charge in [-0.3, -0.25) is 9.78 Å². The summed E-state index contributed by atoms with van der Waals surface area (Å²) < 4.78 is 43.6. The van der Waals surface area contributed by atoms with E-state index in [1.54, 1.807) is 12.4 Å². The van der Waals surface area contributed by atoms with Crippen molar-refractivity contribution in [3.8, 4) is 0 Å². The number of H-pyrrole nitrogens is 1. The summed E-state index contributed by atoms with van der Waals surface area (Å²) in [5.74, 6) is -1.86. The van der Waals surface area contributed by atoms with Crippen LogP contribution in [0.1, 0.15) is 22.5 Å². The Morgan fingerprint density at radius 2 is 1.89 bits per heavy atom. The number of ether oxygens (including phenoxy) is 2. The van der Waals surface area contributed by atoms with E-state index < -0.39 is 12.1 Å². The van der Waals surface area contributed by atoms with Gasteiger partial charge in [-0.1, -0.05) is 18.2 Å². The number of hydrogen-bond donors (Lipinski definition) is 2. The number of carbonyl (C=O) groups excluding carboxylic acids is 1. The molecular formula is C25H26F3N3O5. The highest BCUT2D eigenvalue weighted by Crippen LogP contribution is 2.36. The van der Waals surface area contributed by atoms with Gasteiger partial charge in [0, 0.05) is 48.9 Å². The molecule has 0 bridgehead atoms. The summed E-state index contributed by atoms with van der Waals surface area (Å²) in [6.45, 7) is 3.51. The van der Waals surface area contributed by atoms with Gasteiger partial charge in [-0.05, 0) is 42.2 Å². The molecule has 0 saturated carbocycles. The summed E-state index contributed by atoms with van der Waals surface area (Å²) >= 11 is 0. The Kier molecular flexibility index (Phi) is 7.90. The monoisotopic (exact) mass is 505 g/mol. The number of para-hydroxylation sites is 1. The van der Waals surface area contributed by atoms with Crippen molar-refractivity contribution in [1.29, 1.82) is 0 Å². The number of nitrogens with zero attached hydrogens (tertiary/aromatic N) is 2. The molecule has 1 aromatic carbocycles. The van der Waals surface area contributed by atoms with E-state index in [4.69, 9.17) is 19.4 Å². The highest BCUT2D eigenvalue weighted by atomic mass is 19.4. The summed E-state index contributed by atoms with van der Waals surface area (Å²) in [6.07, 6.45) is -0.411. The van der Waals surface area contributed by atoms with Crippen molar-refractivity contribution in [3.05, 3.63) is 66.1 Å². The molecule has 1 amide bonds. The summed E-state index contributed by atoms with van der Waals surface area (Å²) in [5, 5.41) is 8.19. The van der Waals surface area contributed by atoms with Crippen molar-refractivity contribution in [2.75, 3.05) is 26.3 Å². The molecule has 2 aliphatic heterocycles. The number of halogens is 3. The van der Waals surface area contributed by atoms with Gasteiger partial charge in [0.1, 0.15) is 5.69 Å². The number of amides is 1. The van der Waals surface area contributed by atoms with Gasteiger partial charge in [-0.2, -0.15) is 13.2 Å². The maximum absolute atomic E-state index is 13.0. The minimum Gasteiger partial charge on any atom is -0.475 e. The third-order valence-electron chi connectivity index (χ3n) is 6.38. The first-order valence-electron chi connectivity index (χ1n) is 11.5. The van der Waals surface area contributed by atoms with Crippen LogP contribution in [0.25, 0.3) is 10.9 Å². The number of aromatic nitrogens is 2. The molecular weight excluding hydrogens is 479 g/mol. The van der Waals surface area contributed by atoms with E-state index in [0.717, 1.165) is 36.0 Å². The highest BCUT2D eigenvalue weighted by molar-refractivity contribution is 5.98. The maximum Gasteiger partial charge on any atom is 0.490 e. The Hall–Kier alpha value is -3.44. The zero-order valence-corrected chi connectivity index (χ0v) is 19.3. The van der Waals surface area contributed by atoms with Crippen molar-refractivity contribution >= 4 is 22.8 Å². The lowest BCUT2D eigenvalue weighted by Crippen LogP contribution is -2.31.